The summed E-state index contributed by atoms with van der Waals surface area (Å²) in [6.45, 7) is 7.53. The molecule has 132 valence electrons. The third kappa shape index (κ3) is 5.64. The van der Waals surface area contributed by atoms with Crippen LogP contribution in [0.1, 0.15) is 25.0 Å². The Kier molecular flexibility index (Phi) is 6.17. The van der Waals surface area contributed by atoms with E-state index in [0.29, 0.717) is 17.1 Å². The second-order valence-electron chi connectivity index (χ2n) is 6.33. The normalized spacial score (nSPS) is 10.4. The number of benzene rings is 2. The van der Waals surface area contributed by atoms with Crippen LogP contribution in [-0.4, -0.2) is 18.4 Å². The largest absolute Gasteiger partial charge is 0.483 e. The predicted molar refractivity (Wildman–Crippen MR) is 100.0 cm³/mol. The summed E-state index contributed by atoms with van der Waals surface area (Å²) in [5, 5.41) is 5.58. The van der Waals surface area contributed by atoms with E-state index in [4.69, 9.17) is 4.74 Å². The Labute approximate surface area is 148 Å². The van der Waals surface area contributed by atoms with Crippen molar-refractivity contribution in [1.82, 2.24) is 0 Å². The highest BCUT2D eigenvalue weighted by Gasteiger charge is 2.08. The summed E-state index contributed by atoms with van der Waals surface area (Å²) in [6, 6.07) is 12.9. The van der Waals surface area contributed by atoms with E-state index in [0.717, 1.165) is 11.1 Å². The van der Waals surface area contributed by atoms with Crippen LogP contribution in [0.3, 0.4) is 0 Å². The number of anilines is 2. The number of rotatable bonds is 6. The number of amides is 2. The fraction of sp³-hybridized carbons (Fsp3) is 0.300. The molecule has 0 saturated carbocycles. The molecule has 0 aromatic heterocycles. The van der Waals surface area contributed by atoms with Gasteiger partial charge in [-0.05, 0) is 55.3 Å². The Morgan fingerprint density at radius 1 is 0.960 bits per heavy atom. The summed E-state index contributed by atoms with van der Waals surface area (Å²) in [7, 11) is 0. The quantitative estimate of drug-likeness (QED) is 0.837. The highest BCUT2D eigenvalue weighted by Crippen LogP contribution is 2.19. The van der Waals surface area contributed by atoms with Gasteiger partial charge in [0.15, 0.2) is 6.61 Å². The zero-order chi connectivity index (χ0) is 18.4. The minimum atomic E-state index is -0.236. The van der Waals surface area contributed by atoms with E-state index >= 15 is 0 Å². The van der Waals surface area contributed by atoms with Crippen molar-refractivity contribution in [2.24, 2.45) is 5.92 Å². The average molecular weight is 340 g/mol. The zero-order valence-corrected chi connectivity index (χ0v) is 15.1. The van der Waals surface area contributed by atoms with Gasteiger partial charge in [0, 0.05) is 17.3 Å². The Morgan fingerprint density at radius 2 is 1.56 bits per heavy atom. The maximum atomic E-state index is 12.0. The molecule has 0 aliphatic heterocycles. The number of ether oxygens (including phenoxy) is 1. The fourth-order valence-corrected chi connectivity index (χ4v) is 2.13. The van der Waals surface area contributed by atoms with Gasteiger partial charge in [0.1, 0.15) is 5.75 Å². The van der Waals surface area contributed by atoms with Crippen molar-refractivity contribution in [1.29, 1.82) is 0 Å². The average Bonchev–Trinajstić information content (AvgIpc) is 2.57. The molecule has 2 N–H and O–H groups in total. The lowest BCUT2D eigenvalue weighted by Crippen LogP contribution is -2.20. The SMILES string of the molecule is Cc1ccc(C)c(OCC(=O)Nc2ccc(NC(=O)C(C)C)cc2)c1. The molecule has 0 aliphatic rings. The van der Waals surface area contributed by atoms with Crippen LogP contribution >= 0.6 is 0 Å². The molecule has 0 spiro atoms. The van der Waals surface area contributed by atoms with E-state index in [2.05, 4.69) is 10.6 Å². The summed E-state index contributed by atoms with van der Waals surface area (Å²) in [5.74, 6) is 0.349. The molecule has 5 nitrogen and oxygen atoms in total. The standard InChI is InChI=1S/C20H24N2O3/c1-13(2)20(24)22-17-9-7-16(8-10-17)21-19(23)12-25-18-11-14(3)5-6-15(18)4/h5-11,13H,12H2,1-4H3,(H,21,23)(H,22,24). The molecule has 0 unspecified atom stereocenters. The Hall–Kier alpha value is -2.82. The number of carbonyl (C=O) groups excluding carboxylic acids is 2. The Morgan fingerprint density at radius 3 is 2.16 bits per heavy atom. The van der Waals surface area contributed by atoms with Gasteiger partial charge in [-0.3, -0.25) is 9.59 Å². The van der Waals surface area contributed by atoms with Gasteiger partial charge < -0.3 is 15.4 Å². The van der Waals surface area contributed by atoms with Crippen molar-refractivity contribution < 1.29 is 14.3 Å². The maximum absolute atomic E-state index is 12.0. The number of nitrogens with one attached hydrogen (secondary N) is 2. The Balaban J connectivity index is 1.88. The molecular formula is C20H24N2O3. The van der Waals surface area contributed by atoms with Crippen LogP contribution < -0.4 is 15.4 Å². The van der Waals surface area contributed by atoms with Crippen LogP contribution in [-0.2, 0) is 9.59 Å². The van der Waals surface area contributed by atoms with E-state index in [9.17, 15) is 9.59 Å². The van der Waals surface area contributed by atoms with E-state index in [1.807, 2.05) is 45.9 Å². The van der Waals surface area contributed by atoms with Gasteiger partial charge in [0.2, 0.25) is 5.91 Å². The summed E-state index contributed by atoms with van der Waals surface area (Å²) < 4.78 is 5.59. The highest BCUT2D eigenvalue weighted by molar-refractivity contribution is 5.94. The predicted octanol–water partition coefficient (Wildman–Crippen LogP) is 3.92. The van der Waals surface area contributed by atoms with Gasteiger partial charge in [-0.25, -0.2) is 0 Å². The van der Waals surface area contributed by atoms with Gasteiger partial charge in [-0.1, -0.05) is 26.0 Å². The van der Waals surface area contributed by atoms with Crippen LogP contribution in [0, 0.1) is 19.8 Å². The van der Waals surface area contributed by atoms with Crippen molar-refractivity contribution in [2.75, 3.05) is 17.2 Å². The molecule has 25 heavy (non-hydrogen) atoms. The monoisotopic (exact) mass is 340 g/mol. The van der Waals surface area contributed by atoms with Crippen molar-refractivity contribution in [2.45, 2.75) is 27.7 Å². The second-order valence-corrected chi connectivity index (χ2v) is 6.33. The van der Waals surface area contributed by atoms with Crippen LogP contribution in [0.2, 0.25) is 0 Å². The van der Waals surface area contributed by atoms with Gasteiger partial charge in [-0.15, -0.1) is 0 Å². The van der Waals surface area contributed by atoms with Crippen molar-refractivity contribution in [3.63, 3.8) is 0 Å². The zero-order valence-electron chi connectivity index (χ0n) is 15.1. The number of hydrogen-bond acceptors (Lipinski definition) is 3. The molecule has 2 aromatic carbocycles. The molecule has 0 aliphatic carbocycles. The molecule has 2 amide bonds. The maximum Gasteiger partial charge on any atom is 0.262 e. The lowest BCUT2D eigenvalue weighted by Gasteiger charge is -2.11. The number of aryl methyl sites for hydroxylation is 2. The van der Waals surface area contributed by atoms with Gasteiger partial charge in [0.05, 0.1) is 0 Å². The van der Waals surface area contributed by atoms with E-state index in [1.165, 1.54) is 0 Å². The van der Waals surface area contributed by atoms with E-state index < -0.39 is 0 Å². The molecule has 0 saturated heterocycles. The van der Waals surface area contributed by atoms with Crippen LogP contribution in [0.5, 0.6) is 5.75 Å². The second kappa shape index (κ2) is 8.33. The number of hydrogen-bond donors (Lipinski definition) is 2. The Bertz CT molecular complexity index is 752. The first kappa shape index (κ1) is 18.5. The van der Waals surface area contributed by atoms with Gasteiger partial charge in [0.25, 0.3) is 5.91 Å². The lowest BCUT2D eigenvalue weighted by atomic mass is 10.1. The smallest absolute Gasteiger partial charge is 0.262 e. The van der Waals surface area contributed by atoms with E-state index in [1.54, 1.807) is 24.3 Å². The van der Waals surface area contributed by atoms with Crippen LogP contribution in [0.15, 0.2) is 42.5 Å². The third-order valence-corrected chi connectivity index (χ3v) is 3.66. The van der Waals surface area contributed by atoms with Crippen LogP contribution in [0.4, 0.5) is 11.4 Å². The van der Waals surface area contributed by atoms with Crippen molar-refractivity contribution in [3.8, 4) is 5.75 Å². The third-order valence-electron chi connectivity index (χ3n) is 3.66. The molecular weight excluding hydrogens is 316 g/mol. The molecule has 5 heteroatoms. The first-order valence-electron chi connectivity index (χ1n) is 8.26. The van der Waals surface area contributed by atoms with Crippen molar-refractivity contribution >= 4 is 23.2 Å². The molecule has 0 heterocycles. The summed E-state index contributed by atoms with van der Waals surface area (Å²) in [4.78, 5) is 23.7. The fourth-order valence-electron chi connectivity index (χ4n) is 2.13. The molecule has 2 aromatic rings. The number of carbonyl (C=O) groups is 2. The summed E-state index contributed by atoms with van der Waals surface area (Å²) in [5.41, 5.74) is 3.42. The minimum absolute atomic E-state index is 0.0429. The summed E-state index contributed by atoms with van der Waals surface area (Å²) >= 11 is 0. The minimum Gasteiger partial charge on any atom is -0.483 e. The lowest BCUT2D eigenvalue weighted by molar-refractivity contribution is -0.119. The van der Waals surface area contributed by atoms with Crippen molar-refractivity contribution in [3.05, 3.63) is 53.6 Å². The highest BCUT2D eigenvalue weighted by atomic mass is 16.5. The summed E-state index contributed by atoms with van der Waals surface area (Å²) in [6.07, 6.45) is 0. The van der Waals surface area contributed by atoms with Gasteiger partial charge in [-0.2, -0.15) is 0 Å². The molecule has 0 radical (unpaired) electrons. The molecule has 2 rings (SSSR count). The first-order valence-corrected chi connectivity index (χ1v) is 8.26. The molecule has 0 bridgehead atoms. The first-order chi connectivity index (χ1) is 11.8. The van der Waals surface area contributed by atoms with Gasteiger partial charge >= 0.3 is 0 Å². The molecule has 0 fully saturated rings. The van der Waals surface area contributed by atoms with E-state index in [-0.39, 0.29) is 24.3 Å². The molecule has 0 atom stereocenters. The van der Waals surface area contributed by atoms with Crippen LogP contribution in [0.25, 0.3) is 0 Å². The topological polar surface area (TPSA) is 67.4 Å².